The van der Waals surface area contributed by atoms with E-state index in [0.29, 0.717) is 12.1 Å². The number of nitrogens with zero attached hydrogens (tertiary/aromatic N) is 1. The van der Waals surface area contributed by atoms with E-state index in [4.69, 9.17) is 5.11 Å². The van der Waals surface area contributed by atoms with Crippen molar-refractivity contribution in [2.24, 2.45) is 0 Å². The van der Waals surface area contributed by atoms with Crippen LogP contribution in [0.5, 0.6) is 0 Å². The van der Waals surface area contributed by atoms with Gasteiger partial charge in [-0.1, -0.05) is 25.1 Å². The fraction of sp³-hybridized carbons (Fsp3) is 0.556. The van der Waals surface area contributed by atoms with Crippen molar-refractivity contribution in [3.05, 3.63) is 35.6 Å². The van der Waals surface area contributed by atoms with Crippen LogP contribution in [-0.4, -0.2) is 47.1 Å². The fourth-order valence-corrected chi connectivity index (χ4v) is 3.13. The predicted molar refractivity (Wildman–Crippen MR) is 89.3 cm³/mol. The maximum atomic E-state index is 14.0. The van der Waals surface area contributed by atoms with Gasteiger partial charge in [0.2, 0.25) is 5.91 Å². The molecule has 1 amide bonds. The smallest absolute Gasteiger partial charge is 0.317 e. The van der Waals surface area contributed by atoms with E-state index in [-0.39, 0.29) is 30.4 Å². The van der Waals surface area contributed by atoms with Gasteiger partial charge < -0.3 is 10.4 Å². The normalized spacial score (nSPS) is 20.5. The first-order valence-corrected chi connectivity index (χ1v) is 8.27. The topological polar surface area (TPSA) is 69.6 Å². The van der Waals surface area contributed by atoms with Crippen molar-refractivity contribution >= 4 is 11.9 Å². The number of carbonyl (C=O) groups is 2. The van der Waals surface area contributed by atoms with Crippen LogP contribution >= 0.6 is 0 Å². The van der Waals surface area contributed by atoms with Crippen LogP contribution in [0.25, 0.3) is 0 Å². The lowest BCUT2D eigenvalue weighted by atomic mass is 9.80. The van der Waals surface area contributed by atoms with Crippen LogP contribution in [0.4, 0.5) is 4.39 Å². The van der Waals surface area contributed by atoms with Crippen molar-refractivity contribution in [2.45, 2.75) is 51.1 Å². The summed E-state index contributed by atoms with van der Waals surface area (Å²) in [6.07, 6.45) is 1.44. The zero-order valence-electron chi connectivity index (χ0n) is 14.4. The molecule has 1 aliphatic rings. The summed E-state index contributed by atoms with van der Waals surface area (Å²) in [7, 11) is 0. The lowest BCUT2D eigenvalue weighted by Crippen LogP contribution is -2.57. The van der Waals surface area contributed by atoms with Crippen molar-refractivity contribution in [3.8, 4) is 0 Å². The Morgan fingerprint density at radius 1 is 1.33 bits per heavy atom. The maximum Gasteiger partial charge on any atom is 0.317 e. The lowest BCUT2D eigenvalue weighted by Gasteiger charge is -2.43. The lowest BCUT2D eigenvalue weighted by molar-refractivity contribution is -0.140. The Morgan fingerprint density at radius 2 is 1.96 bits per heavy atom. The van der Waals surface area contributed by atoms with E-state index in [1.54, 1.807) is 32.0 Å². The number of carboxylic acid groups (broad SMARTS) is 1. The summed E-state index contributed by atoms with van der Waals surface area (Å²) in [5.41, 5.74) is -0.582. The second kappa shape index (κ2) is 7.30. The minimum absolute atomic E-state index is 0.0105. The van der Waals surface area contributed by atoms with Gasteiger partial charge >= 0.3 is 5.97 Å². The third kappa shape index (κ3) is 3.93. The molecule has 6 heteroatoms. The Bertz CT molecular complexity index is 612. The SMILES string of the molecule is CCN(CC(=O)O)C1CC(NC(=O)C(C)(C)c2ccccc2F)C1. The molecule has 5 nitrogen and oxygen atoms in total. The minimum atomic E-state index is -0.956. The summed E-state index contributed by atoms with van der Waals surface area (Å²) >= 11 is 0. The monoisotopic (exact) mass is 336 g/mol. The average molecular weight is 336 g/mol. The second-order valence-electron chi connectivity index (χ2n) is 6.86. The molecule has 0 atom stereocenters. The molecule has 24 heavy (non-hydrogen) atoms. The highest BCUT2D eigenvalue weighted by Gasteiger charge is 2.38. The van der Waals surface area contributed by atoms with Gasteiger partial charge in [0.05, 0.1) is 12.0 Å². The largest absolute Gasteiger partial charge is 0.480 e. The van der Waals surface area contributed by atoms with E-state index >= 15 is 0 Å². The highest BCUT2D eigenvalue weighted by molar-refractivity contribution is 5.87. The van der Waals surface area contributed by atoms with Crippen LogP contribution in [-0.2, 0) is 15.0 Å². The highest BCUT2D eigenvalue weighted by atomic mass is 19.1. The Labute approximate surface area is 141 Å². The van der Waals surface area contributed by atoms with Gasteiger partial charge in [0.15, 0.2) is 0 Å². The van der Waals surface area contributed by atoms with E-state index in [0.717, 1.165) is 12.8 Å². The molecule has 1 fully saturated rings. The molecule has 0 aliphatic heterocycles. The van der Waals surface area contributed by atoms with E-state index < -0.39 is 11.4 Å². The summed E-state index contributed by atoms with van der Waals surface area (Å²) in [6, 6.07) is 6.49. The van der Waals surface area contributed by atoms with Crippen LogP contribution < -0.4 is 5.32 Å². The quantitative estimate of drug-likeness (QED) is 0.800. The molecule has 0 radical (unpaired) electrons. The van der Waals surface area contributed by atoms with Crippen molar-refractivity contribution in [1.82, 2.24) is 10.2 Å². The molecule has 1 saturated carbocycles. The van der Waals surface area contributed by atoms with Gasteiger partial charge in [-0.2, -0.15) is 0 Å². The number of carbonyl (C=O) groups excluding carboxylic acids is 1. The molecule has 0 aromatic heterocycles. The average Bonchev–Trinajstić information content (AvgIpc) is 2.48. The Morgan fingerprint density at radius 3 is 2.50 bits per heavy atom. The highest BCUT2D eigenvalue weighted by Crippen LogP contribution is 2.29. The van der Waals surface area contributed by atoms with Gasteiger partial charge in [0.1, 0.15) is 5.82 Å². The van der Waals surface area contributed by atoms with Gasteiger partial charge in [-0.05, 0) is 39.3 Å². The molecule has 2 N–H and O–H groups in total. The van der Waals surface area contributed by atoms with Gasteiger partial charge in [0.25, 0.3) is 0 Å². The van der Waals surface area contributed by atoms with E-state index in [1.165, 1.54) is 6.07 Å². The Balaban J connectivity index is 1.92. The van der Waals surface area contributed by atoms with Gasteiger partial charge in [-0.3, -0.25) is 14.5 Å². The number of nitrogens with one attached hydrogen (secondary N) is 1. The van der Waals surface area contributed by atoms with Gasteiger partial charge in [-0.15, -0.1) is 0 Å². The number of hydrogen-bond donors (Lipinski definition) is 2. The zero-order valence-corrected chi connectivity index (χ0v) is 14.4. The van der Waals surface area contributed by atoms with Crippen LogP contribution in [0, 0.1) is 5.82 Å². The standard InChI is InChI=1S/C18H25FN2O3/c1-4-21(11-16(22)23)13-9-12(10-13)20-17(24)18(2,3)14-7-5-6-8-15(14)19/h5-8,12-13H,4,9-11H2,1-3H3,(H,20,24)(H,22,23). The van der Waals surface area contributed by atoms with Gasteiger partial charge in [0, 0.05) is 17.6 Å². The fourth-order valence-electron chi connectivity index (χ4n) is 3.13. The van der Waals surface area contributed by atoms with Gasteiger partial charge in [-0.25, -0.2) is 4.39 Å². The Hall–Kier alpha value is -1.95. The van der Waals surface area contributed by atoms with Crippen LogP contribution in [0.1, 0.15) is 39.2 Å². The van der Waals surface area contributed by atoms with Crippen LogP contribution in [0.15, 0.2) is 24.3 Å². The van der Waals surface area contributed by atoms with Crippen LogP contribution in [0.3, 0.4) is 0 Å². The van der Waals surface area contributed by atoms with E-state index in [2.05, 4.69) is 5.32 Å². The van der Waals surface area contributed by atoms with Crippen molar-refractivity contribution < 1.29 is 19.1 Å². The summed E-state index contributed by atoms with van der Waals surface area (Å²) in [5, 5.41) is 11.9. The molecule has 132 valence electrons. The summed E-state index contributed by atoms with van der Waals surface area (Å²) in [5.74, 6) is -1.44. The number of aliphatic carboxylic acids is 1. The third-order valence-corrected chi connectivity index (χ3v) is 4.82. The number of amides is 1. The van der Waals surface area contributed by atoms with Crippen molar-refractivity contribution in [2.75, 3.05) is 13.1 Å². The number of rotatable bonds is 7. The number of likely N-dealkylation sites (N-methyl/N-ethyl adjacent to an activating group) is 1. The first-order valence-electron chi connectivity index (χ1n) is 8.27. The summed E-state index contributed by atoms with van der Waals surface area (Å²) in [6.45, 7) is 6.02. The second-order valence-corrected chi connectivity index (χ2v) is 6.86. The van der Waals surface area contributed by atoms with E-state index in [9.17, 15) is 14.0 Å². The maximum absolute atomic E-state index is 14.0. The molecule has 0 saturated heterocycles. The third-order valence-electron chi connectivity index (χ3n) is 4.82. The molecular formula is C18H25FN2O3. The zero-order chi connectivity index (χ0) is 17.9. The predicted octanol–water partition coefficient (Wildman–Crippen LogP) is 2.16. The first-order chi connectivity index (χ1) is 11.3. The number of halogens is 1. The minimum Gasteiger partial charge on any atom is -0.480 e. The Kier molecular flexibility index (Phi) is 5.59. The molecular weight excluding hydrogens is 311 g/mol. The molecule has 0 unspecified atom stereocenters. The molecule has 1 aromatic rings. The van der Waals surface area contributed by atoms with E-state index in [1.807, 2.05) is 11.8 Å². The number of hydrogen-bond acceptors (Lipinski definition) is 3. The van der Waals surface area contributed by atoms with Crippen LogP contribution in [0.2, 0.25) is 0 Å². The molecule has 0 bridgehead atoms. The molecule has 0 spiro atoms. The summed E-state index contributed by atoms with van der Waals surface area (Å²) in [4.78, 5) is 25.3. The first kappa shape index (κ1) is 18.4. The number of carboxylic acids is 1. The molecule has 2 rings (SSSR count). The molecule has 0 heterocycles. The summed E-state index contributed by atoms with van der Waals surface area (Å²) < 4.78 is 14.0. The number of benzene rings is 1. The van der Waals surface area contributed by atoms with Crippen molar-refractivity contribution in [1.29, 1.82) is 0 Å². The molecule has 1 aromatic carbocycles. The van der Waals surface area contributed by atoms with Crippen molar-refractivity contribution in [3.63, 3.8) is 0 Å². The molecule has 1 aliphatic carbocycles.